The zero-order valence-corrected chi connectivity index (χ0v) is 8.03. The van der Waals surface area contributed by atoms with Crippen LogP contribution in [0.1, 0.15) is 26.2 Å². The molecule has 0 fully saturated rings. The van der Waals surface area contributed by atoms with Crippen molar-refractivity contribution >= 4 is 6.21 Å². The molecule has 13 heavy (non-hydrogen) atoms. The average Bonchev–Trinajstić information content (AvgIpc) is 2.20. The smallest absolute Gasteiger partial charge is 0.0620 e. The molecule has 1 nitrogen and oxygen atoms in total. The Kier molecular flexibility index (Phi) is 2.44. The molecule has 0 aromatic heterocycles. The van der Waals surface area contributed by atoms with Crippen LogP contribution in [0, 0.1) is 5.92 Å². The van der Waals surface area contributed by atoms with Gasteiger partial charge in [0, 0.05) is 6.21 Å². The van der Waals surface area contributed by atoms with Gasteiger partial charge in [-0.05, 0) is 30.8 Å². The van der Waals surface area contributed by atoms with E-state index in [1.807, 2.05) is 6.21 Å². The van der Waals surface area contributed by atoms with Crippen LogP contribution >= 0.6 is 0 Å². The first-order chi connectivity index (χ1) is 6.38. The minimum Gasteiger partial charge on any atom is -0.261 e. The molecule has 1 atom stereocenters. The molecular weight excluding hydrogens is 158 g/mol. The average molecular weight is 173 g/mol. The van der Waals surface area contributed by atoms with Crippen LogP contribution in [0.4, 0.5) is 0 Å². The highest BCUT2D eigenvalue weighted by atomic mass is 14.7. The SMILES string of the molecule is CC1CC=CC=C1C1=CCCC=N1. The molecule has 1 heterocycles. The molecule has 0 radical (unpaired) electrons. The van der Waals surface area contributed by atoms with Crippen molar-refractivity contribution in [3.8, 4) is 0 Å². The maximum absolute atomic E-state index is 4.44. The van der Waals surface area contributed by atoms with Gasteiger partial charge in [-0.1, -0.05) is 31.2 Å². The lowest BCUT2D eigenvalue weighted by Gasteiger charge is -2.18. The van der Waals surface area contributed by atoms with Gasteiger partial charge < -0.3 is 0 Å². The first-order valence-corrected chi connectivity index (χ1v) is 4.97. The predicted molar refractivity (Wildman–Crippen MR) is 56.8 cm³/mol. The fourth-order valence-corrected chi connectivity index (χ4v) is 1.79. The van der Waals surface area contributed by atoms with Crippen LogP contribution in [-0.2, 0) is 0 Å². The van der Waals surface area contributed by atoms with Crippen molar-refractivity contribution in [2.24, 2.45) is 10.9 Å². The largest absolute Gasteiger partial charge is 0.261 e. The lowest BCUT2D eigenvalue weighted by atomic mass is 9.90. The normalized spacial score (nSPS) is 27.0. The summed E-state index contributed by atoms with van der Waals surface area (Å²) in [5, 5.41) is 0. The van der Waals surface area contributed by atoms with Crippen LogP contribution in [0.5, 0.6) is 0 Å². The Bertz CT molecular complexity index is 305. The summed E-state index contributed by atoms with van der Waals surface area (Å²) in [4.78, 5) is 4.44. The van der Waals surface area contributed by atoms with E-state index in [0.717, 1.165) is 19.3 Å². The van der Waals surface area contributed by atoms with E-state index < -0.39 is 0 Å². The molecule has 0 saturated heterocycles. The van der Waals surface area contributed by atoms with Gasteiger partial charge in [-0.15, -0.1) is 0 Å². The first kappa shape index (κ1) is 8.49. The molecule has 1 heteroatoms. The molecule has 0 saturated carbocycles. The summed E-state index contributed by atoms with van der Waals surface area (Å²) in [7, 11) is 0. The Hall–Kier alpha value is -1.11. The Morgan fingerprint density at radius 3 is 3.00 bits per heavy atom. The molecule has 0 aromatic rings. The van der Waals surface area contributed by atoms with Crippen LogP contribution in [0.15, 0.2) is 40.6 Å². The van der Waals surface area contributed by atoms with Gasteiger partial charge in [0.1, 0.15) is 0 Å². The molecule has 68 valence electrons. The Morgan fingerprint density at radius 1 is 1.38 bits per heavy atom. The van der Waals surface area contributed by atoms with Crippen LogP contribution in [0.2, 0.25) is 0 Å². The molecule has 0 bridgehead atoms. The Morgan fingerprint density at radius 2 is 2.31 bits per heavy atom. The van der Waals surface area contributed by atoms with Crippen molar-refractivity contribution in [2.75, 3.05) is 0 Å². The molecule has 1 aliphatic carbocycles. The molecule has 1 unspecified atom stereocenters. The fourth-order valence-electron chi connectivity index (χ4n) is 1.79. The summed E-state index contributed by atoms with van der Waals surface area (Å²) < 4.78 is 0. The molecule has 0 spiro atoms. The number of allylic oxidation sites excluding steroid dienone is 5. The lowest BCUT2D eigenvalue weighted by Crippen LogP contribution is -2.04. The van der Waals surface area contributed by atoms with E-state index >= 15 is 0 Å². The molecule has 0 aromatic carbocycles. The molecule has 0 N–H and O–H groups in total. The zero-order valence-electron chi connectivity index (χ0n) is 8.03. The summed E-state index contributed by atoms with van der Waals surface area (Å²) >= 11 is 0. The summed E-state index contributed by atoms with van der Waals surface area (Å²) in [6.45, 7) is 2.26. The van der Waals surface area contributed by atoms with Crippen molar-refractivity contribution in [1.82, 2.24) is 0 Å². The highest BCUT2D eigenvalue weighted by Gasteiger charge is 2.14. The predicted octanol–water partition coefficient (Wildman–Crippen LogP) is 3.26. The fraction of sp³-hybridized carbons (Fsp3) is 0.417. The van der Waals surface area contributed by atoms with Gasteiger partial charge in [0.15, 0.2) is 0 Å². The van der Waals surface area contributed by atoms with Gasteiger partial charge in [-0.25, -0.2) is 0 Å². The zero-order chi connectivity index (χ0) is 9.10. The van der Waals surface area contributed by atoms with E-state index in [2.05, 4.69) is 36.2 Å². The number of aliphatic imine (C=N–C) groups is 1. The van der Waals surface area contributed by atoms with Crippen molar-refractivity contribution < 1.29 is 0 Å². The lowest BCUT2D eigenvalue weighted by molar-refractivity contribution is 0.689. The molecule has 2 rings (SSSR count). The maximum atomic E-state index is 4.44. The standard InChI is InChI=1S/C12H15N/c1-10-6-2-3-7-11(10)12-8-4-5-9-13-12/h2-3,7-10H,4-6H2,1H3. The number of rotatable bonds is 1. The quantitative estimate of drug-likeness (QED) is 0.577. The van der Waals surface area contributed by atoms with Crippen LogP contribution in [-0.4, -0.2) is 6.21 Å². The topological polar surface area (TPSA) is 12.4 Å². The summed E-state index contributed by atoms with van der Waals surface area (Å²) in [6, 6.07) is 0. The molecule has 0 amide bonds. The van der Waals surface area contributed by atoms with E-state index in [-0.39, 0.29) is 0 Å². The maximum Gasteiger partial charge on any atom is 0.0620 e. The third kappa shape index (κ3) is 1.80. The summed E-state index contributed by atoms with van der Waals surface area (Å²) in [6.07, 6.45) is 14.2. The summed E-state index contributed by atoms with van der Waals surface area (Å²) in [5.41, 5.74) is 2.60. The minimum atomic E-state index is 0.631. The van der Waals surface area contributed by atoms with E-state index in [1.165, 1.54) is 11.3 Å². The third-order valence-corrected chi connectivity index (χ3v) is 2.59. The van der Waals surface area contributed by atoms with Crippen molar-refractivity contribution in [1.29, 1.82) is 0 Å². The number of hydrogen-bond donors (Lipinski definition) is 0. The first-order valence-electron chi connectivity index (χ1n) is 4.97. The van der Waals surface area contributed by atoms with Gasteiger partial charge in [0.05, 0.1) is 5.70 Å². The Balaban J connectivity index is 2.23. The minimum absolute atomic E-state index is 0.631. The van der Waals surface area contributed by atoms with Gasteiger partial charge >= 0.3 is 0 Å². The second-order valence-corrected chi connectivity index (χ2v) is 3.67. The Labute approximate surface area is 79.6 Å². The highest BCUT2D eigenvalue weighted by Crippen LogP contribution is 2.28. The van der Waals surface area contributed by atoms with Crippen molar-refractivity contribution in [3.63, 3.8) is 0 Å². The van der Waals surface area contributed by atoms with E-state index in [1.54, 1.807) is 0 Å². The molecule has 2 aliphatic rings. The van der Waals surface area contributed by atoms with Crippen molar-refractivity contribution in [3.05, 3.63) is 35.6 Å². The van der Waals surface area contributed by atoms with E-state index in [9.17, 15) is 0 Å². The van der Waals surface area contributed by atoms with Crippen LogP contribution in [0.3, 0.4) is 0 Å². The van der Waals surface area contributed by atoms with E-state index in [4.69, 9.17) is 0 Å². The molecular formula is C12H15N. The van der Waals surface area contributed by atoms with Gasteiger partial charge in [-0.3, -0.25) is 4.99 Å². The van der Waals surface area contributed by atoms with Gasteiger partial charge in [0.2, 0.25) is 0 Å². The molecule has 1 aliphatic heterocycles. The third-order valence-electron chi connectivity index (χ3n) is 2.59. The summed E-state index contributed by atoms with van der Waals surface area (Å²) in [5.74, 6) is 0.631. The van der Waals surface area contributed by atoms with Crippen LogP contribution < -0.4 is 0 Å². The monoisotopic (exact) mass is 173 g/mol. The van der Waals surface area contributed by atoms with Gasteiger partial charge in [0.25, 0.3) is 0 Å². The second-order valence-electron chi connectivity index (χ2n) is 3.67. The number of hydrogen-bond acceptors (Lipinski definition) is 1. The van der Waals surface area contributed by atoms with Crippen LogP contribution in [0.25, 0.3) is 0 Å². The van der Waals surface area contributed by atoms with Gasteiger partial charge in [-0.2, -0.15) is 0 Å². The highest BCUT2D eigenvalue weighted by molar-refractivity contribution is 5.63. The van der Waals surface area contributed by atoms with E-state index in [0.29, 0.717) is 5.92 Å². The number of nitrogens with zero attached hydrogens (tertiary/aromatic N) is 1. The second kappa shape index (κ2) is 3.73. The van der Waals surface area contributed by atoms with Crippen molar-refractivity contribution in [2.45, 2.75) is 26.2 Å².